The van der Waals surface area contributed by atoms with Crippen molar-refractivity contribution in [2.45, 2.75) is 50.6 Å². The topological polar surface area (TPSA) is 124 Å². The van der Waals surface area contributed by atoms with Crippen molar-refractivity contribution < 1.29 is 34.8 Å². The van der Waals surface area contributed by atoms with E-state index in [1.807, 2.05) is 0 Å². The van der Waals surface area contributed by atoms with Crippen LogP contribution in [-0.4, -0.2) is 55.8 Å². The SMILES string of the molecule is CC(C=CC1(O)C2(C)CC(O)C(O)C1(C)C(=O)O2)=CC(=O)O. The molecule has 0 spiro atoms. The number of carboxylic acid groups (broad SMARTS) is 1. The third-order valence-corrected chi connectivity index (χ3v) is 4.83. The molecule has 0 aromatic carbocycles. The van der Waals surface area contributed by atoms with Crippen LogP contribution in [0, 0.1) is 5.41 Å². The molecule has 5 unspecified atom stereocenters. The molecule has 0 aromatic rings. The van der Waals surface area contributed by atoms with E-state index < -0.39 is 40.8 Å². The molecular formula is C15H20O7. The second-order valence-corrected chi connectivity index (χ2v) is 6.37. The smallest absolute Gasteiger partial charge is 0.328 e. The van der Waals surface area contributed by atoms with Crippen molar-refractivity contribution in [2.24, 2.45) is 5.41 Å². The third-order valence-electron chi connectivity index (χ3n) is 4.83. The molecule has 1 aliphatic carbocycles. The summed E-state index contributed by atoms with van der Waals surface area (Å²) < 4.78 is 5.25. The largest absolute Gasteiger partial charge is 0.478 e. The lowest BCUT2D eigenvalue weighted by Gasteiger charge is -2.49. The fourth-order valence-electron chi connectivity index (χ4n) is 3.38. The Labute approximate surface area is 127 Å². The highest BCUT2D eigenvalue weighted by atomic mass is 16.6. The van der Waals surface area contributed by atoms with Crippen molar-refractivity contribution in [2.75, 3.05) is 0 Å². The molecule has 7 heteroatoms. The van der Waals surface area contributed by atoms with Crippen molar-refractivity contribution in [3.05, 3.63) is 23.8 Å². The molecule has 4 N–H and O–H groups in total. The molecule has 122 valence electrons. The van der Waals surface area contributed by atoms with Gasteiger partial charge in [0.1, 0.15) is 16.6 Å². The van der Waals surface area contributed by atoms with Crippen LogP contribution in [-0.2, 0) is 14.3 Å². The van der Waals surface area contributed by atoms with E-state index in [-0.39, 0.29) is 6.42 Å². The Morgan fingerprint density at radius 2 is 1.95 bits per heavy atom. The molecule has 0 amide bonds. The average molecular weight is 312 g/mol. The number of aliphatic hydroxyl groups excluding tert-OH is 2. The van der Waals surface area contributed by atoms with E-state index in [0.29, 0.717) is 5.57 Å². The van der Waals surface area contributed by atoms with Crippen LogP contribution in [0.25, 0.3) is 0 Å². The van der Waals surface area contributed by atoms with Crippen LogP contribution in [0.3, 0.4) is 0 Å². The lowest BCUT2D eigenvalue weighted by Crippen LogP contribution is -2.67. The molecule has 0 aromatic heterocycles. The molecule has 22 heavy (non-hydrogen) atoms. The molecule has 1 saturated carbocycles. The van der Waals surface area contributed by atoms with Gasteiger partial charge in [-0.15, -0.1) is 0 Å². The van der Waals surface area contributed by atoms with Crippen molar-refractivity contribution in [3.8, 4) is 0 Å². The summed E-state index contributed by atoms with van der Waals surface area (Å²) in [6.45, 7) is 4.33. The maximum absolute atomic E-state index is 12.2. The summed E-state index contributed by atoms with van der Waals surface area (Å²) >= 11 is 0. The molecule has 7 nitrogen and oxygen atoms in total. The quantitative estimate of drug-likeness (QED) is 0.322. The molecular weight excluding hydrogens is 292 g/mol. The molecule has 2 fully saturated rings. The second-order valence-electron chi connectivity index (χ2n) is 6.37. The number of carbonyl (C=O) groups is 2. The summed E-state index contributed by atoms with van der Waals surface area (Å²) in [6, 6.07) is 0. The minimum absolute atomic E-state index is 0.127. The number of hydrogen-bond acceptors (Lipinski definition) is 6. The van der Waals surface area contributed by atoms with Gasteiger partial charge in [-0.25, -0.2) is 4.79 Å². The number of fused-ring (bicyclic) bond motifs is 2. The van der Waals surface area contributed by atoms with Crippen LogP contribution in [0.4, 0.5) is 0 Å². The van der Waals surface area contributed by atoms with Gasteiger partial charge in [-0.1, -0.05) is 6.08 Å². The van der Waals surface area contributed by atoms with Crippen LogP contribution < -0.4 is 0 Å². The number of carbonyl (C=O) groups excluding carboxylic acids is 1. The first kappa shape index (κ1) is 16.7. The summed E-state index contributed by atoms with van der Waals surface area (Å²) in [4.78, 5) is 22.8. The Bertz CT molecular complexity index is 580. The molecule has 5 atom stereocenters. The van der Waals surface area contributed by atoms with Gasteiger partial charge in [-0.3, -0.25) is 4.79 Å². The fourth-order valence-corrected chi connectivity index (χ4v) is 3.38. The first-order chi connectivity index (χ1) is 9.98. The van der Waals surface area contributed by atoms with Gasteiger partial charge < -0.3 is 25.2 Å². The normalized spacial score (nSPS) is 45.2. The van der Waals surface area contributed by atoms with Crippen molar-refractivity contribution >= 4 is 11.9 Å². The minimum atomic E-state index is -1.87. The van der Waals surface area contributed by atoms with Crippen molar-refractivity contribution in [1.29, 1.82) is 0 Å². The average Bonchev–Trinajstić information content (AvgIpc) is 2.49. The van der Waals surface area contributed by atoms with E-state index in [4.69, 9.17) is 9.84 Å². The van der Waals surface area contributed by atoms with Gasteiger partial charge in [0.25, 0.3) is 0 Å². The van der Waals surface area contributed by atoms with Gasteiger partial charge >= 0.3 is 11.9 Å². The molecule has 2 bridgehead atoms. The zero-order valence-electron chi connectivity index (χ0n) is 12.6. The zero-order chi connectivity index (χ0) is 16.9. The van der Waals surface area contributed by atoms with Crippen LogP contribution in [0.5, 0.6) is 0 Å². The van der Waals surface area contributed by atoms with E-state index in [0.717, 1.165) is 6.08 Å². The summed E-state index contributed by atoms with van der Waals surface area (Å²) in [5, 5.41) is 39.9. The fraction of sp³-hybridized carbons (Fsp3) is 0.600. The Kier molecular flexibility index (Phi) is 3.72. The summed E-state index contributed by atoms with van der Waals surface area (Å²) in [6.07, 6.45) is 0.750. The van der Waals surface area contributed by atoms with E-state index in [9.17, 15) is 24.9 Å². The van der Waals surface area contributed by atoms with E-state index >= 15 is 0 Å². The van der Waals surface area contributed by atoms with Gasteiger partial charge in [-0.2, -0.15) is 0 Å². The van der Waals surface area contributed by atoms with Gasteiger partial charge in [0.2, 0.25) is 0 Å². The maximum Gasteiger partial charge on any atom is 0.328 e. The van der Waals surface area contributed by atoms with E-state index in [1.54, 1.807) is 0 Å². The van der Waals surface area contributed by atoms with Gasteiger partial charge in [0.05, 0.1) is 12.2 Å². The Morgan fingerprint density at radius 1 is 1.36 bits per heavy atom. The number of allylic oxidation sites excluding steroid dienone is 2. The van der Waals surface area contributed by atoms with Gasteiger partial charge in [0.15, 0.2) is 0 Å². The Hall–Kier alpha value is -1.70. The number of aliphatic hydroxyl groups is 3. The monoisotopic (exact) mass is 312 g/mol. The van der Waals surface area contributed by atoms with Crippen LogP contribution in [0.1, 0.15) is 27.2 Å². The molecule has 1 aliphatic heterocycles. The first-order valence-corrected chi connectivity index (χ1v) is 6.90. The standard InChI is InChI=1S/C15H20O7/c1-8(6-10(17)18)4-5-15(21)13(2)7-9(16)11(19)14(15,3)12(20)22-13/h4-6,9,11,16,19,21H,7H2,1-3H3,(H,17,18). The summed E-state index contributed by atoms with van der Waals surface area (Å²) in [5.74, 6) is -1.94. The lowest BCUT2D eigenvalue weighted by atomic mass is 9.57. The van der Waals surface area contributed by atoms with Crippen LogP contribution in [0.2, 0.25) is 0 Å². The van der Waals surface area contributed by atoms with Gasteiger partial charge in [0, 0.05) is 12.5 Å². The highest BCUT2D eigenvalue weighted by Gasteiger charge is 2.76. The van der Waals surface area contributed by atoms with Crippen molar-refractivity contribution in [1.82, 2.24) is 0 Å². The van der Waals surface area contributed by atoms with Crippen LogP contribution >= 0.6 is 0 Å². The summed E-state index contributed by atoms with van der Waals surface area (Å²) in [7, 11) is 0. The van der Waals surface area contributed by atoms with Crippen molar-refractivity contribution in [3.63, 3.8) is 0 Å². The molecule has 2 aliphatic rings. The molecule has 2 rings (SSSR count). The number of rotatable bonds is 3. The van der Waals surface area contributed by atoms with Crippen LogP contribution in [0.15, 0.2) is 23.8 Å². The number of esters is 1. The number of ether oxygens (including phenoxy) is 1. The molecule has 0 radical (unpaired) electrons. The molecule has 1 heterocycles. The number of aliphatic carboxylic acids is 1. The highest BCUT2D eigenvalue weighted by molar-refractivity contribution is 5.84. The first-order valence-electron chi connectivity index (χ1n) is 6.90. The van der Waals surface area contributed by atoms with E-state index in [1.165, 1.54) is 32.9 Å². The predicted molar refractivity (Wildman–Crippen MR) is 74.7 cm³/mol. The highest BCUT2D eigenvalue weighted by Crippen LogP contribution is 2.58. The number of carboxylic acids is 1. The Morgan fingerprint density at radius 3 is 2.50 bits per heavy atom. The zero-order valence-corrected chi connectivity index (χ0v) is 12.6. The summed E-state index contributed by atoms with van der Waals surface area (Å²) in [5.41, 5.74) is -4.67. The van der Waals surface area contributed by atoms with Gasteiger partial charge in [-0.05, 0) is 32.4 Å². The third kappa shape index (κ3) is 2.00. The maximum atomic E-state index is 12.2. The second kappa shape index (κ2) is 4.91. The predicted octanol–water partition coefficient (Wildman–Crippen LogP) is -0.248. The lowest BCUT2D eigenvalue weighted by molar-refractivity contribution is -0.196. The Balaban J connectivity index is 2.50. The number of hydrogen-bond donors (Lipinski definition) is 4. The van der Waals surface area contributed by atoms with E-state index in [2.05, 4.69) is 0 Å². The minimum Gasteiger partial charge on any atom is -0.478 e. The molecule has 1 saturated heterocycles.